The molecule has 0 radical (unpaired) electrons. The molecule has 0 aliphatic carbocycles. The van der Waals surface area contributed by atoms with Crippen molar-refractivity contribution in [3.63, 3.8) is 0 Å². The average Bonchev–Trinajstić information content (AvgIpc) is 3.35. The highest BCUT2D eigenvalue weighted by molar-refractivity contribution is 9.10. The molecular formula is C28H20Br2ClN3O6. The lowest BCUT2D eigenvalue weighted by Crippen LogP contribution is -2.23. The van der Waals surface area contributed by atoms with E-state index < -0.39 is 17.6 Å². The van der Waals surface area contributed by atoms with Gasteiger partial charge in [-0.3, -0.25) is 4.79 Å². The van der Waals surface area contributed by atoms with Gasteiger partial charge in [0.15, 0.2) is 23.4 Å². The number of carbonyl (C=O) groups is 1. The molecule has 204 valence electrons. The first kappa shape index (κ1) is 27.9. The van der Waals surface area contributed by atoms with Gasteiger partial charge in [-0.25, -0.2) is 9.78 Å². The molecule has 0 aliphatic rings. The molecular weight excluding hydrogens is 670 g/mol. The van der Waals surface area contributed by atoms with Crippen molar-refractivity contribution in [2.24, 2.45) is 5.10 Å². The monoisotopic (exact) mass is 687 g/mol. The number of carboxylic acid groups (broad SMARTS) is 1. The summed E-state index contributed by atoms with van der Waals surface area (Å²) in [6, 6.07) is 15.9. The van der Waals surface area contributed by atoms with Crippen molar-refractivity contribution in [1.29, 1.82) is 0 Å². The minimum absolute atomic E-state index is 0.0705. The van der Waals surface area contributed by atoms with Crippen LogP contribution >= 0.6 is 43.5 Å². The number of rotatable bonds is 8. The van der Waals surface area contributed by atoms with Crippen LogP contribution in [0, 0.1) is 0 Å². The van der Waals surface area contributed by atoms with Gasteiger partial charge in [0.2, 0.25) is 5.82 Å². The summed E-state index contributed by atoms with van der Waals surface area (Å²) in [6.45, 7) is 3.42. The summed E-state index contributed by atoms with van der Waals surface area (Å²) in [5, 5.41) is 15.1. The van der Waals surface area contributed by atoms with Gasteiger partial charge in [-0.05, 0) is 72.2 Å². The van der Waals surface area contributed by atoms with E-state index >= 15 is 0 Å². The van der Waals surface area contributed by atoms with Gasteiger partial charge in [0.25, 0.3) is 5.56 Å². The van der Waals surface area contributed by atoms with E-state index in [-0.39, 0.29) is 29.0 Å². The Morgan fingerprint density at radius 1 is 1.23 bits per heavy atom. The van der Waals surface area contributed by atoms with Gasteiger partial charge in [0.05, 0.1) is 23.7 Å². The third kappa shape index (κ3) is 5.36. The van der Waals surface area contributed by atoms with Crippen molar-refractivity contribution in [2.45, 2.75) is 20.0 Å². The fraction of sp³-hybridized carbons (Fsp3) is 0.143. The molecule has 12 heteroatoms. The third-order valence-corrected chi connectivity index (χ3v) is 7.80. The highest BCUT2D eigenvalue weighted by Crippen LogP contribution is 2.43. The minimum atomic E-state index is -1.17. The number of aliphatic carboxylic acids is 1. The molecule has 0 spiro atoms. The van der Waals surface area contributed by atoms with Crippen LogP contribution in [0.5, 0.6) is 11.5 Å². The number of hydrogen-bond donors (Lipinski definition) is 1. The quantitative estimate of drug-likeness (QED) is 0.173. The van der Waals surface area contributed by atoms with Gasteiger partial charge in [-0.1, -0.05) is 39.7 Å². The molecule has 0 unspecified atom stereocenters. The third-order valence-electron chi connectivity index (χ3n) is 5.86. The lowest BCUT2D eigenvalue weighted by Gasteiger charge is -2.18. The van der Waals surface area contributed by atoms with Crippen LogP contribution in [0.3, 0.4) is 0 Å². The van der Waals surface area contributed by atoms with E-state index in [0.717, 1.165) is 14.5 Å². The molecule has 2 heterocycles. The second-order valence-corrected chi connectivity index (χ2v) is 10.6. The smallest absolute Gasteiger partial charge is 0.344 e. The number of furan rings is 1. The van der Waals surface area contributed by atoms with E-state index in [1.54, 1.807) is 43.3 Å². The Morgan fingerprint density at radius 3 is 2.75 bits per heavy atom. The zero-order chi connectivity index (χ0) is 28.6. The van der Waals surface area contributed by atoms with Crippen molar-refractivity contribution >= 4 is 77.5 Å². The number of hydrogen-bond acceptors (Lipinski definition) is 7. The van der Waals surface area contributed by atoms with E-state index in [4.69, 9.17) is 30.5 Å². The molecule has 1 N–H and O–H groups in total. The molecule has 5 aromatic rings. The predicted molar refractivity (Wildman–Crippen MR) is 160 cm³/mol. The van der Waals surface area contributed by atoms with Crippen molar-refractivity contribution in [2.75, 3.05) is 6.61 Å². The maximum Gasteiger partial charge on any atom is 0.344 e. The summed E-state index contributed by atoms with van der Waals surface area (Å²) in [4.78, 5) is 29.6. The molecule has 1 atom stereocenters. The first-order valence-electron chi connectivity index (χ1n) is 12.0. The van der Waals surface area contributed by atoms with Gasteiger partial charge >= 0.3 is 5.97 Å². The van der Waals surface area contributed by atoms with Crippen LogP contribution < -0.4 is 15.0 Å². The molecule has 9 nitrogen and oxygen atoms in total. The van der Waals surface area contributed by atoms with E-state index in [1.807, 2.05) is 18.2 Å². The number of carboxylic acids is 1. The Balaban J connectivity index is 1.67. The number of para-hydroxylation sites is 1. The molecule has 0 saturated heterocycles. The fourth-order valence-electron chi connectivity index (χ4n) is 3.93. The van der Waals surface area contributed by atoms with Gasteiger partial charge in [0, 0.05) is 19.9 Å². The summed E-state index contributed by atoms with van der Waals surface area (Å²) in [7, 11) is 0. The zero-order valence-electron chi connectivity index (χ0n) is 21.0. The molecule has 0 fully saturated rings. The van der Waals surface area contributed by atoms with Crippen LogP contribution in [0.4, 0.5) is 0 Å². The van der Waals surface area contributed by atoms with Crippen molar-refractivity contribution in [3.8, 4) is 23.1 Å². The Kier molecular flexibility index (Phi) is 7.97. The van der Waals surface area contributed by atoms with E-state index in [9.17, 15) is 14.7 Å². The normalized spacial score (nSPS) is 12.3. The van der Waals surface area contributed by atoms with Crippen LogP contribution in [0.25, 0.3) is 33.5 Å². The van der Waals surface area contributed by atoms with Gasteiger partial charge < -0.3 is 19.0 Å². The molecule has 0 bridgehead atoms. The maximum atomic E-state index is 13.6. The average molecular weight is 690 g/mol. The van der Waals surface area contributed by atoms with Crippen molar-refractivity contribution < 1.29 is 23.8 Å². The topological polar surface area (TPSA) is 116 Å². The van der Waals surface area contributed by atoms with E-state index in [1.165, 1.54) is 13.1 Å². The fourth-order valence-corrected chi connectivity index (χ4v) is 4.96. The summed E-state index contributed by atoms with van der Waals surface area (Å²) < 4.78 is 19.7. The highest BCUT2D eigenvalue weighted by Gasteiger charge is 2.23. The summed E-state index contributed by atoms with van der Waals surface area (Å²) in [5.74, 6) is -0.311. The molecule has 40 heavy (non-hydrogen) atoms. The minimum Gasteiger partial charge on any atom is -0.490 e. The van der Waals surface area contributed by atoms with Crippen LogP contribution in [0.15, 0.2) is 77.9 Å². The Hall–Kier alpha value is -3.67. The lowest BCUT2D eigenvalue weighted by molar-refractivity contribution is -0.144. The SMILES string of the molecule is CCOc1cc(C=Nn2c(-c3cc4cc(Br)ccc4o3)nc3ccccc3c2=O)c(Br)c(Cl)c1O[C@H](C)C(=O)O. The van der Waals surface area contributed by atoms with Crippen LogP contribution in [0.2, 0.25) is 5.02 Å². The number of halogens is 3. The number of nitrogens with zero attached hydrogens (tertiary/aromatic N) is 3. The molecule has 2 aromatic heterocycles. The summed E-state index contributed by atoms with van der Waals surface area (Å²) in [5.41, 5.74) is 1.16. The molecule has 3 aromatic carbocycles. The van der Waals surface area contributed by atoms with Crippen LogP contribution in [0.1, 0.15) is 19.4 Å². The van der Waals surface area contributed by atoms with Crippen molar-refractivity contribution in [3.05, 3.63) is 84.5 Å². The summed E-state index contributed by atoms with van der Waals surface area (Å²) in [6.07, 6.45) is 0.251. The molecule has 5 rings (SSSR count). The van der Waals surface area contributed by atoms with Gasteiger partial charge in [-0.15, -0.1) is 0 Å². The van der Waals surface area contributed by atoms with Crippen LogP contribution in [-0.4, -0.2) is 39.7 Å². The predicted octanol–water partition coefficient (Wildman–Crippen LogP) is 7.12. The molecule has 0 amide bonds. The zero-order valence-corrected chi connectivity index (χ0v) is 24.9. The second kappa shape index (κ2) is 11.4. The molecule has 0 saturated carbocycles. The summed E-state index contributed by atoms with van der Waals surface area (Å²) >= 11 is 13.5. The Labute approximate surface area is 249 Å². The van der Waals surface area contributed by atoms with Gasteiger partial charge in [0.1, 0.15) is 10.6 Å². The van der Waals surface area contributed by atoms with Crippen molar-refractivity contribution in [1.82, 2.24) is 9.66 Å². The molecule has 0 aliphatic heterocycles. The van der Waals surface area contributed by atoms with E-state index in [2.05, 4.69) is 37.0 Å². The number of fused-ring (bicyclic) bond motifs is 2. The second-order valence-electron chi connectivity index (χ2n) is 8.56. The number of benzene rings is 3. The largest absolute Gasteiger partial charge is 0.490 e. The van der Waals surface area contributed by atoms with E-state index in [0.29, 0.717) is 32.3 Å². The Bertz CT molecular complexity index is 1870. The Morgan fingerprint density at radius 2 is 2.00 bits per heavy atom. The first-order valence-corrected chi connectivity index (χ1v) is 13.9. The highest BCUT2D eigenvalue weighted by atomic mass is 79.9. The van der Waals surface area contributed by atoms with Crippen LogP contribution in [-0.2, 0) is 4.79 Å². The lowest BCUT2D eigenvalue weighted by atomic mass is 10.2. The number of aromatic nitrogens is 2. The maximum absolute atomic E-state index is 13.6. The number of ether oxygens (including phenoxy) is 2. The standard InChI is InChI=1S/C28H20Br2ClN3O6/c1-3-38-21-12-16(23(30)24(31)25(21)39-14(2)28(36)37)13-32-34-26(33-19-7-5-4-6-18(19)27(34)35)22-11-15-10-17(29)8-9-20(15)40-22/h4-14H,3H2,1-2H3,(H,36,37)/t14-/m1/s1. The first-order chi connectivity index (χ1) is 19.2. The van der Waals surface area contributed by atoms with Gasteiger partial charge in [-0.2, -0.15) is 9.78 Å².